The maximum atomic E-state index is 13.7. The van der Waals surface area contributed by atoms with Crippen LogP contribution in [0.5, 0.6) is 11.5 Å². The zero-order valence-electron chi connectivity index (χ0n) is 16.6. The number of amides is 1. The fourth-order valence-corrected chi connectivity index (χ4v) is 3.48. The van der Waals surface area contributed by atoms with Crippen molar-refractivity contribution < 1.29 is 31.8 Å². The summed E-state index contributed by atoms with van der Waals surface area (Å²) >= 11 is 0. The lowest BCUT2D eigenvalue weighted by atomic mass is 10.0. The molecule has 1 aliphatic heterocycles. The Hall–Kier alpha value is -2.81. The molecular formula is C21H22F4N2O3. The zero-order chi connectivity index (χ0) is 21.9. The van der Waals surface area contributed by atoms with Crippen molar-refractivity contribution in [2.24, 2.45) is 0 Å². The molecule has 1 heterocycles. The zero-order valence-corrected chi connectivity index (χ0v) is 16.6. The summed E-state index contributed by atoms with van der Waals surface area (Å²) in [6.45, 7) is 1.31. The van der Waals surface area contributed by atoms with E-state index >= 15 is 0 Å². The molecule has 2 aromatic rings. The van der Waals surface area contributed by atoms with Gasteiger partial charge in [0.1, 0.15) is 5.75 Å². The van der Waals surface area contributed by atoms with E-state index in [4.69, 9.17) is 9.47 Å². The minimum Gasteiger partial charge on any atom is -0.497 e. The molecule has 1 atom stereocenters. The number of ether oxygens (including phenoxy) is 2. The minimum atomic E-state index is -4.60. The lowest BCUT2D eigenvalue weighted by Crippen LogP contribution is -2.54. The van der Waals surface area contributed by atoms with Crippen molar-refractivity contribution in [3.05, 3.63) is 58.9 Å². The van der Waals surface area contributed by atoms with Gasteiger partial charge in [-0.15, -0.1) is 0 Å². The molecule has 0 saturated carbocycles. The highest BCUT2D eigenvalue weighted by molar-refractivity contribution is 5.95. The molecule has 0 aromatic heterocycles. The molecule has 1 amide bonds. The lowest BCUT2D eigenvalue weighted by molar-refractivity contribution is -0.137. The smallest absolute Gasteiger partial charge is 0.416 e. The number of benzene rings is 2. The summed E-state index contributed by atoms with van der Waals surface area (Å²) in [7, 11) is 2.61. The molecule has 0 radical (unpaired) electrons. The largest absolute Gasteiger partial charge is 0.497 e. The van der Waals surface area contributed by atoms with E-state index in [1.807, 2.05) is 0 Å². The van der Waals surface area contributed by atoms with Gasteiger partial charge in [0.2, 0.25) is 0 Å². The predicted molar refractivity (Wildman–Crippen MR) is 102 cm³/mol. The third kappa shape index (κ3) is 4.84. The van der Waals surface area contributed by atoms with Gasteiger partial charge in [-0.05, 0) is 42.3 Å². The Morgan fingerprint density at radius 1 is 1.17 bits per heavy atom. The fourth-order valence-electron chi connectivity index (χ4n) is 3.48. The number of carbonyl (C=O) groups is 1. The summed E-state index contributed by atoms with van der Waals surface area (Å²) in [5.41, 5.74) is -0.285. The maximum absolute atomic E-state index is 13.7. The van der Waals surface area contributed by atoms with E-state index in [2.05, 4.69) is 5.32 Å². The number of nitrogens with zero attached hydrogens (tertiary/aromatic N) is 1. The first-order valence-electron chi connectivity index (χ1n) is 9.33. The third-order valence-corrected chi connectivity index (χ3v) is 5.01. The summed E-state index contributed by atoms with van der Waals surface area (Å²) in [4.78, 5) is 14.7. The SMILES string of the molecule is COc1cc(C(=O)N2CCNC[C@H]2Cc2ccc(F)c(OC)c2)cc(C(F)(F)F)c1. The second-order valence-electron chi connectivity index (χ2n) is 6.98. The van der Waals surface area contributed by atoms with Crippen LogP contribution in [0.15, 0.2) is 36.4 Å². The van der Waals surface area contributed by atoms with E-state index in [9.17, 15) is 22.4 Å². The Morgan fingerprint density at radius 2 is 1.93 bits per heavy atom. The topological polar surface area (TPSA) is 50.8 Å². The van der Waals surface area contributed by atoms with E-state index in [1.54, 1.807) is 17.0 Å². The van der Waals surface area contributed by atoms with Crippen LogP contribution in [0.3, 0.4) is 0 Å². The van der Waals surface area contributed by atoms with Crippen LogP contribution in [0.1, 0.15) is 21.5 Å². The second kappa shape index (κ2) is 8.91. The van der Waals surface area contributed by atoms with Crippen molar-refractivity contribution in [2.75, 3.05) is 33.9 Å². The van der Waals surface area contributed by atoms with E-state index in [0.717, 1.165) is 17.7 Å². The van der Waals surface area contributed by atoms with Gasteiger partial charge in [0.05, 0.1) is 19.8 Å². The van der Waals surface area contributed by atoms with Crippen molar-refractivity contribution in [3.8, 4) is 11.5 Å². The maximum Gasteiger partial charge on any atom is 0.416 e. The molecule has 3 rings (SSSR count). The Morgan fingerprint density at radius 3 is 2.60 bits per heavy atom. The van der Waals surface area contributed by atoms with E-state index in [0.29, 0.717) is 26.1 Å². The molecule has 30 heavy (non-hydrogen) atoms. The molecule has 1 aliphatic rings. The molecular weight excluding hydrogens is 404 g/mol. The molecule has 1 N–H and O–H groups in total. The molecule has 0 aliphatic carbocycles. The first-order valence-corrected chi connectivity index (χ1v) is 9.33. The van der Waals surface area contributed by atoms with Crippen LogP contribution >= 0.6 is 0 Å². The number of carbonyl (C=O) groups excluding carboxylic acids is 1. The Labute approximate surface area is 171 Å². The van der Waals surface area contributed by atoms with E-state index < -0.39 is 23.5 Å². The lowest BCUT2D eigenvalue weighted by Gasteiger charge is -2.36. The first kappa shape index (κ1) is 21.9. The van der Waals surface area contributed by atoms with E-state index in [-0.39, 0.29) is 23.1 Å². The Balaban J connectivity index is 1.88. The van der Waals surface area contributed by atoms with Gasteiger partial charge in [0.25, 0.3) is 5.91 Å². The number of piperazine rings is 1. The molecule has 5 nitrogen and oxygen atoms in total. The highest BCUT2D eigenvalue weighted by atomic mass is 19.4. The third-order valence-electron chi connectivity index (χ3n) is 5.01. The Kier molecular flexibility index (Phi) is 6.50. The average Bonchev–Trinajstić information content (AvgIpc) is 2.74. The number of hydrogen-bond donors (Lipinski definition) is 1. The quantitative estimate of drug-likeness (QED) is 0.744. The van der Waals surface area contributed by atoms with Crippen LogP contribution in [-0.4, -0.2) is 50.7 Å². The number of nitrogens with one attached hydrogen (secondary N) is 1. The predicted octanol–water partition coefficient (Wildman–Crippen LogP) is 3.52. The molecule has 1 saturated heterocycles. The summed E-state index contributed by atoms with van der Waals surface area (Å²) in [5.74, 6) is -0.952. The normalized spacial score (nSPS) is 17.0. The van der Waals surface area contributed by atoms with Crippen molar-refractivity contribution in [1.82, 2.24) is 10.2 Å². The highest BCUT2D eigenvalue weighted by Crippen LogP contribution is 2.33. The number of hydrogen-bond acceptors (Lipinski definition) is 4. The summed E-state index contributed by atoms with van der Waals surface area (Å²) in [6, 6.07) is 7.12. The van der Waals surface area contributed by atoms with Gasteiger partial charge in [-0.1, -0.05) is 6.07 Å². The molecule has 0 spiro atoms. The van der Waals surface area contributed by atoms with Gasteiger partial charge in [0.15, 0.2) is 11.6 Å². The average molecular weight is 426 g/mol. The monoisotopic (exact) mass is 426 g/mol. The second-order valence-corrected chi connectivity index (χ2v) is 6.98. The molecule has 0 bridgehead atoms. The molecule has 162 valence electrons. The van der Waals surface area contributed by atoms with Gasteiger partial charge in [-0.2, -0.15) is 13.2 Å². The van der Waals surface area contributed by atoms with Crippen LogP contribution in [0.2, 0.25) is 0 Å². The first-order chi connectivity index (χ1) is 14.2. The number of alkyl halides is 3. The van der Waals surface area contributed by atoms with Crippen LogP contribution in [0.4, 0.5) is 17.6 Å². The Bertz CT molecular complexity index is 918. The van der Waals surface area contributed by atoms with Gasteiger partial charge in [-0.3, -0.25) is 4.79 Å². The number of halogens is 4. The standard InChI is InChI=1S/C21H22F4N2O3/c1-29-17-10-14(9-15(11-17)21(23,24)25)20(28)27-6-5-26-12-16(27)7-13-3-4-18(22)19(8-13)30-2/h3-4,8-11,16,26H,5-7,12H2,1-2H3/t16-/m1/s1. The van der Waals surface area contributed by atoms with Gasteiger partial charge in [0, 0.05) is 31.2 Å². The fraction of sp³-hybridized carbons (Fsp3) is 0.381. The van der Waals surface area contributed by atoms with Crippen molar-refractivity contribution in [1.29, 1.82) is 0 Å². The van der Waals surface area contributed by atoms with E-state index in [1.165, 1.54) is 26.4 Å². The molecule has 0 unspecified atom stereocenters. The van der Waals surface area contributed by atoms with Crippen molar-refractivity contribution in [2.45, 2.75) is 18.6 Å². The minimum absolute atomic E-state index is 0.0388. The van der Waals surface area contributed by atoms with Gasteiger partial charge < -0.3 is 19.7 Å². The highest BCUT2D eigenvalue weighted by Gasteiger charge is 2.34. The number of methoxy groups -OCH3 is 2. The van der Waals surface area contributed by atoms with Crippen LogP contribution in [-0.2, 0) is 12.6 Å². The molecule has 9 heteroatoms. The van der Waals surface area contributed by atoms with Crippen LogP contribution in [0.25, 0.3) is 0 Å². The summed E-state index contributed by atoms with van der Waals surface area (Å²) in [5, 5.41) is 3.19. The van der Waals surface area contributed by atoms with Crippen molar-refractivity contribution in [3.63, 3.8) is 0 Å². The van der Waals surface area contributed by atoms with Crippen LogP contribution in [0, 0.1) is 5.82 Å². The molecule has 1 fully saturated rings. The van der Waals surface area contributed by atoms with Crippen LogP contribution < -0.4 is 14.8 Å². The summed E-state index contributed by atoms with van der Waals surface area (Å²) < 4.78 is 63.3. The summed E-state index contributed by atoms with van der Waals surface area (Å²) in [6.07, 6.45) is -4.21. The van der Waals surface area contributed by atoms with Gasteiger partial charge >= 0.3 is 6.18 Å². The van der Waals surface area contributed by atoms with Crippen molar-refractivity contribution >= 4 is 5.91 Å². The van der Waals surface area contributed by atoms with Gasteiger partial charge in [-0.25, -0.2) is 4.39 Å². The molecule has 2 aromatic carbocycles. The number of rotatable bonds is 5.